The Hall–Kier alpha value is -1.96. The Bertz CT molecular complexity index is 917. The minimum Gasteiger partial charge on any atom is -0.348 e. The average Bonchev–Trinajstić information content (AvgIpc) is 3.13. The fourth-order valence-corrected chi connectivity index (χ4v) is 4.96. The lowest BCUT2D eigenvalue weighted by molar-refractivity contribution is -0.124. The Morgan fingerprint density at radius 2 is 1.81 bits per heavy atom. The van der Waals surface area contributed by atoms with Crippen LogP contribution in [-0.2, 0) is 14.8 Å². The Morgan fingerprint density at radius 3 is 2.44 bits per heavy atom. The third-order valence-corrected chi connectivity index (χ3v) is 6.83. The molecule has 27 heavy (non-hydrogen) atoms. The Morgan fingerprint density at radius 1 is 1.19 bits per heavy atom. The van der Waals surface area contributed by atoms with Crippen LogP contribution in [0.5, 0.6) is 0 Å². The molecule has 0 saturated carbocycles. The van der Waals surface area contributed by atoms with Crippen LogP contribution in [0.3, 0.4) is 0 Å². The first-order valence-electron chi connectivity index (χ1n) is 8.62. The molecule has 0 radical (unpaired) electrons. The average molecular weight is 411 g/mol. The van der Waals surface area contributed by atoms with E-state index in [0.717, 1.165) is 17.7 Å². The quantitative estimate of drug-likeness (QED) is 0.820. The number of carbonyl (C=O) groups excluding carboxylic acids is 1. The fraction of sp³-hybridized carbons (Fsp3) is 0.316. The predicted molar refractivity (Wildman–Crippen MR) is 101 cm³/mol. The predicted octanol–water partition coefficient (Wildman–Crippen LogP) is 3.51. The third-order valence-electron chi connectivity index (χ3n) is 4.66. The van der Waals surface area contributed by atoms with Gasteiger partial charge in [0.2, 0.25) is 15.9 Å². The molecule has 1 heterocycles. The van der Waals surface area contributed by atoms with Crippen molar-refractivity contribution in [2.24, 2.45) is 0 Å². The number of rotatable bonds is 5. The van der Waals surface area contributed by atoms with Gasteiger partial charge in [-0.15, -0.1) is 0 Å². The molecule has 1 aliphatic rings. The number of hydrogen-bond donors (Lipinski definition) is 1. The Kier molecular flexibility index (Phi) is 5.83. The summed E-state index contributed by atoms with van der Waals surface area (Å²) in [4.78, 5) is 12.7. The zero-order valence-corrected chi connectivity index (χ0v) is 16.3. The van der Waals surface area contributed by atoms with Gasteiger partial charge < -0.3 is 5.32 Å². The third kappa shape index (κ3) is 4.31. The van der Waals surface area contributed by atoms with Crippen molar-refractivity contribution in [1.82, 2.24) is 9.62 Å². The molecule has 0 aromatic heterocycles. The number of amides is 1. The van der Waals surface area contributed by atoms with Gasteiger partial charge in [0.05, 0.1) is 10.9 Å². The molecule has 8 heteroatoms. The number of nitrogens with zero attached hydrogens (tertiary/aromatic N) is 1. The lowest BCUT2D eigenvalue weighted by atomic mass is 10.1. The smallest absolute Gasteiger partial charge is 0.243 e. The molecule has 2 aromatic rings. The van der Waals surface area contributed by atoms with E-state index in [1.54, 1.807) is 12.1 Å². The standard InChI is InChI=1S/C19H20ClFN2O3S/c1-13(14-4-6-15(20)7-5-14)22-19(24)18-3-2-12-23(18)27(25,26)17-10-8-16(21)9-11-17/h4-11,13,18H,2-3,12H2,1H3,(H,22,24)/t13-,18+/m1/s1. The van der Waals surface area contributed by atoms with Crippen LogP contribution in [0.25, 0.3) is 0 Å². The summed E-state index contributed by atoms with van der Waals surface area (Å²) in [6, 6.07) is 10.7. The van der Waals surface area contributed by atoms with E-state index < -0.39 is 21.9 Å². The van der Waals surface area contributed by atoms with E-state index in [9.17, 15) is 17.6 Å². The second-order valence-corrected chi connectivity index (χ2v) is 8.84. The van der Waals surface area contributed by atoms with Crippen molar-refractivity contribution < 1.29 is 17.6 Å². The molecule has 3 rings (SSSR count). The van der Waals surface area contributed by atoms with E-state index in [-0.39, 0.29) is 23.4 Å². The number of halogens is 2. The number of sulfonamides is 1. The van der Waals surface area contributed by atoms with E-state index in [1.165, 1.54) is 16.4 Å². The topological polar surface area (TPSA) is 66.5 Å². The van der Waals surface area contributed by atoms with Gasteiger partial charge in [-0.1, -0.05) is 23.7 Å². The van der Waals surface area contributed by atoms with Gasteiger partial charge >= 0.3 is 0 Å². The first-order valence-corrected chi connectivity index (χ1v) is 10.4. The number of carbonyl (C=O) groups is 1. The Labute approximate surface area is 163 Å². The molecule has 1 aliphatic heterocycles. The largest absolute Gasteiger partial charge is 0.348 e. The van der Waals surface area contributed by atoms with E-state index in [4.69, 9.17) is 11.6 Å². The van der Waals surface area contributed by atoms with Crippen molar-refractivity contribution in [2.45, 2.75) is 36.7 Å². The zero-order chi connectivity index (χ0) is 19.6. The molecule has 0 unspecified atom stereocenters. The highest BCUT2D eigenvalue weighted by molar-refractivity contribution is 7.89. The highest BCUT2D eigenvalue weighted by atomic mass is 35.5. The van der Waals surface area contributed by atoms with Gasteiger partial charge in [0, 0.05) is 11.6 Å². The molecular formula is C19H20ClFN2O3S. The molecule has 2 atom stereocenters. The van der Waals surface area contributed by atoms with Crippen LogP contribution in [0.1, 0.15) is 31.4 Å². The van der Waals surface area contributed by atoms with Crippen molar-refractivity contribution in [3.8, 4) is 0 Å². The molecule has 2 aromatic carbocycles. The first-order chi connectivity index (χ1) is 12.8. The van der Waals surface area contributed by atoms with E-state index in [2.05, 4.69) is 5.32 Å². The van der Waals surface area contributed by atoms with Gasteiger partial charge in [-0.3, -0.25) is 4.79 Å². The second kappa shape index (κ2) is 7.96. The summed E-state index contributed by atoms with van der Waals surface area (Å²) in [7, 11) is -3.87. The van der Waals surface area contributed by atoms with Gasteiger partial charge in [0.15, 0.2) is 0 Å². The minimum atomic E-state index is -3.87. The maximum atomic E-state index is 13.1. The molecule has 0 bridgehead atoms. The molecule has 5 nitrogen and oxygen atoms in total. The van der Waals surface area contributed by atoms with Gasteiger partial charge in [-0.05, 0) is 61.7 Å². The zero-order valence-electron chi connectivity index (χ0n) is 14.7. The molecular weight excluding hydrogens is 391 g/mol. The van der Waals surface area contributed by atoms with Crippen LogP contribution in [0.15, 0.2) is 53.4 Å². The van der Waals surface area contributed by atoms with Crippen molar-refractivity contribution in [3.63, 3.8) is 0 Å². The second-order valence-electron chi connectivity index (χ2n) is 6.51. The minimum absolute atomic E-state index is 0.0191. The summed E-state index contributed by atoms with van der Waals surface area (Å²) < 4.78 is 40.0. The van der Waals surface area contributed by atoms with E-state index in [0.29, 0.717) is 17.9 Å². The summed E-state index contributed by atoms with van der Waals surface area (Å²) in [5.41, 5.74) is 0.874. The SMILES string of the molecule is C[C@@H](NC(=O)[C@@H]1CCCN1S(=O)(=O)c1ccc(F)cc1)c1ccc(Cl)cc1. The maximum absolute atomic E-state index is 13.1. The highest BCUT2D eigenvalue weighted by Gasteiger charge is 2.39. The summed E-state index contributed by atoms with van der Waals surface area (Å²) >= 11 is 5.88. The summed E-state index contributed by atoms with van der Waals surface area (Å²) in [5, 5.41) is 3.47. The van der Waals surface area contributed by atoms with Crippen LogP contribution in [0.2, 0.25) is 5.02 Å². The van der Waals surface area contributed by atoms with E-state index >= 15 is 0 Å². The van der Waals surface area contributed by atoms with Gasteiger partial charge in [-0.2, -0.15) is 4.31 Å². The molecule has 0 spiro atoms. The lowest BCUT2D eigenvalue weighted by Crippen LogP contribution is -2.46. The molecule has 1 fully saturated rings. The normalized spacial score (nSPS) is 19.0. The van der Waals surface area contributed by atoms with Crippen LogP contribution in [-0.4, -0.2) is 31.2 Å². The number of nitrogens with one attached hydrogen (secondary N) is 1. The molecule has 0 aliphatic carbocycles. The van der Waals surface area contributed by atoms with Gasteiger partial charge in [0.1, 0.15) is 11.9 Å². The van der Waals surface area contributed by atoms with E-state index in [1.807, 2.05) is 19.1 Å². The Balaban J connectivity index is 1.76. The van der Waals surface area contributed by atoms with Crippen LogP contribution in [0.4, 0.5) is 4.39 Å². The van der Waals surface area contributed by atoms with Crippen molar-refractivity contribution >= 4 is 27.5 Å². The fourth-order valence-electron chi connectivity index (χ4n) is 3.18. The molecule has 1 saturated heterocycles. The van der Waals surface area contributed by atoms with Crippen LogP contribution in [0, 0.1) is 5.82 Å². The summed E-state index contributed by atoms with van der Waals surface area (Å²) in [6.45, 7) is 2.09. The summed E-state index contributed by atoms with van der Waals surface area (Å²) in [6.07, 6.45) is 1.04. The lowest BCUT2D eigenvalue weighted by Gasteiger charge is -2.25. The van der Waals surface area contributed by atoms with Crippen molar-refractivity contribution in [2.75, 3.05) is 6.54 Å². The highest BCUT2D eigenvalue weighted by Crippen LogP contribution is 2.27. The molecule has 1 amide bonds. The number of benzene rings is 2. The summed E-state index contributed by atoms with van der Waals surface area (Å²) in [5.74, 6) is -0.859. The van der Waals surface area contributed by atoms with Crippen molar-refractivity contribution in [3.05, 3.63) is 64.9 Å². The molecule has 1 N–H and O–H groups in total. The van der Waals surface area contributed by atoms with Gasteiger partial charge in [-0.25, -0.2) is 12.8 Å². The van der Waals surface area contributed by atoms with Crippen LogP contribution < -0.4 is 5.32 Å². The van der Waals surface area contributed by atoms with Gasteiger partial charge in [0.25, 0.3) is 0 Å². The maximum Gasteiger partial charge on any atom is 0.243 e. The monoisotopic (exact) mass is 410 g/mol. The first kappa shape index (κ1) is 19.8. The van der Waals surface area contributed by atoms with Crippen molar-refractivity contribution in [1.29, 1.82) is 0 Å². The molecule has 144 valence electrons. The number of hydrogen-bond acceptors (Lipinski definition) is 3. The van der Waals surface area contributed by atoms with Crippen LogP contribution >= 0.6 is 11.6 Å².